The fourth-order valence-electron chi connectivity index (χ4n) is 4.07. The molecule has 8 heteroatoms. The Bertz CT molecular complexity index is 1210. The van der Waals surface area contributed by atoms with Crippen molar-refractivity contribution in [1.82, 2.24) is 10.3 Å². The first-order valence-electron chi connectivity index (χ1n) is 11.8. The Hall–Kier alpha value is -3.29. The van der Waals surface area contributed by atoms with Crippen LogP contribution in [-0.2, 0) is 6.18 Å². The number of rotatable bonds is 4. The van der Waals surface area contributed by atoms with Gasteiger partial charge in [0.05, 0.1) is 16.6 Å². The summed E-state index contributed by atoms with van der Waals surface area (Å²) in [6.45, 7) is 10.5. The molecule has 1 amide bonds. The van der Waals surface area contributed by atoms with E-state index in [2.05, 4.69) is 31.0 Å². The van der Waals surface area contributed by atoms with Gasteiger partial charge >= 0.3 is 6.18 Å². The molecule has 1 aliphatic rings. The summed E-state index contributed by atoms with van der Waals surface area (Å²) in [5, 5.41) is 3.91. The number of hydrogen-bond acceptors (Lipinski definition) is 4. The summed E-state index contributed by atoms with van der Waals surface area (Å²) >= 11 is 0. The maximum atomic E-state index is 13.2. The number of aromatic nitrogens is 1. The average molecular weight is 485 g/mol. The zero-order chi connectivity index (χ0) is 25.4. The fourth-order valence-corrected chi connectivity index (χ4v) is 4.07. The van der Waals surface area contributed by atoms with Crippen LogP contribution in [0.25, 0.3) is 10.9 Å². The summed E-state index contributed by atoms with van der Waals surface area (Å²) in [7, 11) is 0. The van der Waals surface area contributed by atoms with Crippen molar-refractivity contribution in [1.29, 1.82) is 0 Å². The molecule has 5 nitrogen and oxygen atoms in total. The third-order valence-electron chi connectivity index (χ3n) is 6.74. The highest BCUT2D eigenvalue weighted by molar-refractivity contribution is 6.07. The second-order valence-corrected chi connectivity index (χ2v) is 10.1. The lowest BCUT2D eigenvalue weighted by Gasteiger charge is -2.37. The first-order valence-corrected chi connectivity index (χ1v) is 11.8. The SMILES string of the molecule is C[C@@H](NC(=O)c1cc(N2CCN(c3cccc(C(F)(F)F)c3)CC2)nc2ccccc12)C(C)(C)C. The van der Waals surface area contributed by atoms with Gasteiger partial charge in [0.15, 0.2) is 0 Å². The van der Waals surface area contributed by atoms with Crippen molar-refractivity contribution in [3.8, 4) is 0 Å². The molecule has 2 aromatic carbocycles. The van der Waals surface area contributed by atoms with Crippen molar-refractivity contribution < 1.29 is 18.0 Å². The molecular weight excluding hydrogens is 453 g/mol. The summed E-state index contributed by atoms with van der Waals surface area (Å²) in [5.41, 5.74) is 1.14. The van der Waals surface area contributed by atoms with Gasteiger partial charge in [-0.15, -0.1) is 0 Å². The van der Waals surface area contributed by atoms with Crippen LogP contribution in [0.1, 0.15) is 43.6 Å². The summed E-state index contributed by atoms with van der Waals surface area (Å²) < 4.78 is 39.4. The molecule has 1 N–H and O–H groups in total. The smallest absolute Gasteiger partial charge is 0.368 e. The maximum Gasteiger partial charge on any atom is 0.416 e. The van der Waals surface area contributed by atoms with Gasteiger partial charge in [-0.3, -0.25) is 4.79 Å². The Balaban J connectivity index is 1.56. The Morgan fingerprint density at radius 3 is 2.26 bits per heavy atom. The van der Waals surface area contributed by atoms with E-state index in [1.54, 1.807) is 6.07 Å². The van der Waals surface area contributed by atoms with Gasteiger partial charge < -0.3 is 15.1 Å². The molecule has 1 saturated heterocycles. The monoisotopic (exact) mass is 484 g/mol. The van der Waals surface area contributed by atoms with E-state index in [0.29, 0.717) is 43.2 Å². The number of halogens is 3. The van der Waals surface area contributed by atoms with Crippen molar-refractivity contribution in [3.05, 3.63) is 65.7 Å². The normalized spacial score (nSPS) is 15.9. The molecular formula is C27H31F3N4O. The van der Waals surface area contributed by atoms with Crippen LogP contribution in [0.2, 0.25) is 0 Å². The number of nitrogens with zero attached hydrogens (tertiary/aromatic N) is 3. The number of anilines is 2. The molecule has 3 aromatic rings. The predicted octanol–water partition coefficient (Wildman–Crippen LogP) is 5.74. The summed E-state index contributed by atoms with van der Waals surface area (Å²) in [4.78, 5) is 22.1. The van der Waals surface area contributed by atoms with E-state index < -0.39 is 11.7 Å². The molecule has 0 saturated carbocycles. The van der Waals surface area contributed by atoms with Gasteiger partial charge in [0, 0.05) is 43.3 Å². The zero-order valence-corrected chi connectivity index (χ0v) is 20.5. The zero-order valence-electron chi connectivity index (χ0n) is 20.5. The number of carbonyl (C=O) groups is 1. The van der Waals surface area contributed by atoms with Gasteiger partial charge in [-0.1, -0.05) is 45.0 Å². The van der Waals surface area contributed by atoms with E-state index in [1.165, 1.54) is 12.1 Å². The highest BCUT2D eigenvalue weighted by Crippen LogP contribution is 2.32. The summed E-state index contributed by atoms with van der Waals surface area (Å²) in [5.74, 6) is 0.552. The van der Waals surface area contributed by atoms with Crippen molar-refractivity contribution >= 4 is 28.3 Å². The van der Waals surface area contributed by atoms with Gasteiger partial charge in [0.1, 0.15) is 5.82 Å². The molecule has 0 aliphatic carbocycles. The number of nitrogens with one attached hydrogen (secondary N) is 1. The van der Waals surface area contributed by atoms with E-state index >= 15 is 0 Å². The van der Waals surface area contributed by atoms with Crippen LogP contribution < -0.4 is 15.1 Å². The van der Waals surface area contributed by atoms with Gasteiger partial charge in [-0.05, 0) is 42.7 Å². The third-order valence-corrected chi connectivity index (χ3v) is 6.74. The van der Waals surface area contributed by atoms with E-state index in [9.17, 15) is 18.0 Å². The number of pyridine rings is 1. The lowest BCUT2D eigenvalue weighted by atomic mass is 9.88. The van der Waals surface area contributed by atoms with Crippen molar-refractivity contribution in [2.75, 3.05) is 36.0 Å². The molecule has 0 unspecified atom stereocenters. The van der Waals surface area contributed by atoms with E-state index in [0.717, 1.165) is 17.0 Å². The number of benzene rings is 2. The number of amides is 1. The summed E-state index contributed by atoms with van der Waals surface area (Å²) in [6.07, 6.45) is -4.37. The van der Waals surface area contributed by atoms with Crippen LogP contribution in [0.5, 0.6) is 0 Å². The highest BCUT2D eigenvalue weighted by atomic mass is 19.4. The Morgan fingerprint density at radius 1 is 0.943 bits per heavy atom. The van der Waals surface area contributed by atoms with Crippen LogP contribution in [0.15, 0.2) is 54.6 Å². The maximum absolute atomic E-state index is 13.2. The molecule has 1 atom stereocenters. The van der Waals surface area contributed by atoms with E-state index in [-0.39, 0.29) is 17.4 Å². The largest absolute Gasteiger partial charge is 0.416 e. The predicted molar refractivity (Wildman–Crippen MR) is 134 cm³/mol. The van der Waals surface area contributed by atoms with Crippen molar-refractivity contribution in [3.63, 3.8) is 0 Å². The van der Waals surface area contributed by atoms with E-state index in [1.807, 2.05) is 42.2 Å². The molecule has 0 bridgehead atoms. The van der Waals surface area contributed by atoms with Crippen LogP contribution in [0, 0.1) is 5.41 Å². The van der Waals surface area contributed by atoms with E-state index in [4.69, 9.17) is 4.98 Å². The van der Waals surface area contributed by atoms with Crippen LogP contribution in [0.3, 0.4) is 0 Å². The molecule has 0 spiro atoms. The van der Waals surface area contributed by atoms with Gasteiger partial charge in [-0.25, -0.2) is 4.98 Å². The first-order chi connectivity index (χ1) is 16.4. The Labute approximate surface area is 203 Å². The minimum atomic E-state index is -4.37. The minimum absolute atomic E-state index is 0.0265. The van der Waals surface area contributed by atoms with Gasteiger partial charge in [-0.2, -0.15) is 13.2 Å². The van der Waals surface area contributed by atoms with Crippen LogP contribution in [0.4, 0.5) is 24.7 Å². The fraction of sp³-hybridized carbons (Fsp3) is 0.407. The number of alkyl halides is 3. The average Bonchev–Trinajstić information content (AvgIpc) is 2.82. The topological polar surface area (TPSA) is 48.5 Å². The lowest BCUT2D eigenvalue weighted by molar-refractivity contribution is -0.137. The number of hydrogen-bond donors (Lipinski definition) is 1. The Morgan fingerprint density at radius 2 is 1.60 bits per heavy atom. The number of carbonyl (C=O) groups excluding carboxylic acids is 1. The number of piperazine rings is 1. The molecule has 35 heavy (non-hydrogen) atoms. The standard InChI is InChI=1S/C27H31F3N4O/c1-18(26(2,3)4)31-25(35)22-17-24(32-23-11-6-5-10-21(22)23)34-14-12-33(13-15-34)20-9-7-8-19(16-20)27(28,29)30/h5-11,16-18H,12-15H2,1-4H3,(H,31,35)/t18-/m1/s1. The second-order valence-electron chi connectivity index (χ2n) is 10.1. The van der Waals surface area contributed by atoms with Gasteiger partial charge in [0.2, 0.25) is 0 Å². The second kappa shape index (κ2) is 9.40. The van der Waals surface area contributed by atoms with Crippen LogP contribution >= 0.6 is 0 Å². The molecule has 4 rings (SSSR count). The third kappa shape index (κ3) is 5.52. The van der Waals surface area contributed by atoms with Crippen molar-refractivity contribution in [2.45, 2.75) is 39.9 Å². The highest BCUT2D eigenvalue weighted by Gasteiger charge is 2.31. The molecule has 0 radical (unpaired) electrons. The molecule has 1 aliphatic heterocycles. The quantitative estimate of drug-likeness (QED) is 0.513. The molecule has 1 fully saturated rings. The Kier molecular flexibility index (Phi) is 6.66. The lowest BCUT2D eigenvalue weighted by Crippen LogP contribution is -2.47. The van der Waals surface area contributed by atoms with Crippen LogP contribution in [-0.4, -0.2) is 43.1 Å². The molecule has 1 aromatic heterocycles. The van der Waals surface area contributed by atoms with Gasteiger partial charge in [0.25, 0.3) is 5.91 Å². The number of para-hydroxylation sites is 1. The first kappa shape index (κ1) is 24.8. The number of fused-ring (bicyclic) bond motifs is 1. The summed E-state index contributed by atoms with van der Waals surface area (Å²) in [6, 6.07) is 14.8. The molecule has 2 heterocycles. The van der Waals surface area contributed by atoms with Crippen molar-refractivity contribution in [2.24, 2.45) is 5.41 Å². The molecule has 186 valence electrons. The minimum Gasteiger partial charge on any atom is -0.368 e.